The Bertz CT molecular complexity index is 1070. The quantitative estimate of drug-likeness (QED) is 0.290. The molecule has 30 heavy (non-hydrogen) atoms. The number of hydrogen-bond donors (Lipinski definition) is 0. The number of rotatable bonds is 9. The Morgan fingerprint density at radius 3 is 2.33 bits per heavy atom. The molecule has 3 rings (SSSR count). The van der Waals surface area contributed by atoms with Gasteiger partial charge in [0.2, 0.25) is 0 Å². The Labute approximate surface area is 171 Å². The van der Waals surface area contributed by atoms with E-state index in [1.807, 2.05) is 30.3 Å². The smallest absolute Gasteiger partial charge is 0.311 e. The fraction of sp³-hybridized carbons (Fsp3) is 0.0952. The predicted molar refractivity (Wildman–Crippen MR) is 109 cm³/mol. The molecular formula is C21H17N3O6. The molecule has 0 aliphatic carbocycles. The molecule has 0 aromatic heterocycles. The molecule has 0 saturated heterocycles. The van der Waals surface area contributed by atoms with E-state index in [4.69, 9.17) is 9.57 Å². The number of benzene rings is 3. The Morgan fingerprint density at radius 1 is 0.833 bits per heavy atom. The molecule has 3 aromatic rings. The summed E-state index contributed by atoms with van der Waals surface area (Å²) in [7, 11) is 0. The van der Waals surface area contributed by atoms with Gasteiger partial charge in [0.05, 0.1) is 16.1 Å². The lowest BCUT2D eigenvalue weighted by molar-refractivity contribution is -0.386. The lowest BCUT2D eigenvalue weighted by Crippen LogP contribution is -2.00. The Balaban J connectivity index is 1.63. The fourth-order valence-corrected chi connectivity index (χ4v) is 2.58. The van der Waals surface area contributed by atoms with Gasteiger partial charge in [0.15, 0.2) is 5.75 Å². The molecule has 0 bridgehead atoms. The zero-order valence-electron chi connectivity index (χ0n) is 15.7. The van der Waals surface area contributed by atoms with Crippen LogP contribution in [0.25, 0.3) is 0 Å². The van der Waals surface area contributed by atoms with Crippen molar-refractivity contribution in [3.05, 3.63) is 110 Å². The third kappa shape index (κ3) is 5.61. The van der Waals surface area contributed by atoms with Gasteiger partial charge in [-0.05, 0) is 23.3 Å². The number of hydrogen-bond acceptors (Lipinski definition) is 7. The molecule has 9 heteroatoms. The SMILES string of the molecule is O=[N+]([O-])c1cccc(CO/N=C\c2ccc(OCc3ccccc3)c([N+](=O)[O-])c2)c1. The van der Waals surface area contributed by atoms with Gasteiger partial charge in [-0.15, -0.1) is 0 Å². The van der Waals surface area contributed by atoms with Gasteiger partial charge in [-0.3, -0.25) is 20.2 Å². The number of nitro groups is 2. The van der Waals surface area contributed by atoms with Crippen LogP contribution in [0.1, 0.15) is 16.7 Å². The van der Waals surface area contributed by atoms with Gasteiger partial charge in [0.1, 0.15) is 13.2 Å². The van der Waals surface area contributed by atoms with E-state index in [0.717, 1.165) is 5.56 Å². The average Bonchev–Trinajstić information content (AvgIpc) is 2.76. The summed E-state index contributed by atoms with van der Waals surface area (Å²) in [4.78, 5) is 26.3. The van der Waals surface area contributed by atoms with E-state index in [2.05, 4.69) is 5.16 Å². The van der Waals surface area contributed by atoms with Crippen molar-refractivity contribution in [1.29, 1.82) is 0 Å². The van der Waals surface area contributed by atoms with Gasteiger partial charge >= 0.3 is 5.69 Å². The molecule has 0 saturated carbocycles. The Kier molecular flexibility index (Phi) is 6.67. The second-order valence-corrected chi connectivity index (χ2v) is 6.19. The first-order valence-corrected chi connectivity index (χ1v) is 8.87. The summed E-state index contributed by atoms with van der Waals surface area (Å²) in [6.07, 6.45) is 1.32. The molecule has 0 spiro atoms. The predicted octanol–water partition coefficient (Wildman–Crippen LogP) is 4.63. The van der Waals surface area contributed by atoms with E-state index in [-0.39, 0.29) is 30.3 Å². The van der Waals surface area contributed by atoms with Gasteiger partial charge in [-0.2, -0.15) is 0 Å². The number of non-ortho nitro benzene ring substituents is 1. The highest BCUT2D eigenvalue weighted by atomic mass is 16.6. The Morgan fingerprint density at radius 2 is 1.60 bits per heavy atom. The third-order valence-electron chi connectivity index (χ3n) is 4.05. The lowest BCUT2D eigenvalue weighted by atomic mass is 10.2. The van der Waals surface area contributed by atoms with E-state index in [0.29, 0.717) is 11.1 Å². The highest BCUT2D eigenvalue weighted by molar-refractivity contribution is 5.81. The summed E-state index contributed by atoms with van der Waals surface area (Å²) in [5.41, 5.74) is 1.70. The lowest BCUT2D eigenvalue weighted by Gasteiger charge is -2.07. The zero-order chi connectivity index (χ0) is 21.3. The van der Waals surface area contributed by atoms with E-state index in [1.54, 1.807) is 18.2 Å². The van der Waals surface area contributed by atoms with Gasteiger partial charge in [0, 0.05) is 23.8 Å². The monoisotopic (exact) mass is 407 g/mol. The number of ether oxygens (including phenoxy) is 1. The second kappa shape index (κ2) is 9.78. The zero-order valence-corrected chi connectivity index (χ0v) is 15.7. The van der Waals surface area contributed by atoms with Crippen LogP contribution in [0.2, 0.25) is 0 Å². The number of nitrogens with zero attached hydrogens (tertiary/aromatic N) is 3. The first kappa shape index (κ1) is 20.5. The van der Waals surface area contributed by atoms with Crippen LogP contribution in [0.4, 0.5) is 11.4 Å². The third-order valence-corrected chi connectivity index (χ3v) is 4.05. The molecule has 0 aliphatic heterocycles. The molecule has 0 heterocycles. The van der Waals surface area contributed by atoms with Crippen LogP contribution in [-0.2, 0) is 18.1 Å². The first-order chi connectivity index (χ1) is 14.5. The maximum atomic E-state index is 11.4. The van der Waals surface area contributed by atoms with Crippen molar-refractivity contribution in [2.45, 2.75) is 13.2 Å². The van der Waals surface area contributed by atoms with Gasteiger partial charge < -0.3 is 9.57 Å². The number of oxime groups is 1. The van der Waals surface area contributed by atoms with E-state index in [1.165, 1.54) is 30.5 Å². The molecule has 0 fully saturated rings. The normalized spacial score (nSPS) is 10.7. The summed E-state index contributed by atoms with van der Waals surface area (Å²) in [6, 6.07) is 19.8. The van der Waals surface area contributed by atoms with Crippen LogP contribution >= 0.6 is 0 Å². The van der Waals surface area contributed by atoms with E-state index in [9.17, 15) is 20.2 Å². The summed E-state index contributed by atoms with van der Waals surface area (Å²) in [5, 5.41) is 25.9. The van der Waals surface area contributed by atoms with Crippen LogP contribution in [0.15, 0.2) is 78.0 Å². The molecule has 152 valence electrons. The number of nitro benzene ring substituents is 2. The maximum absolute atomic E-state index is 11.4. The van der Waals surface area contributed by atoms with Crippen molar-refractivity contribution >= 4 is 17.6 Å². The molecule has 0 N–H and O–H groups in total. The van der Waals surface area contributed by atoms with Crippen molar-refractivity contribution in [1.82, 2.24) is 0 Å². The molecule has 0 aliphatic rings. The minimum Gasteiger partial charge on any atom is -0.482 e. The van der Waals surface area contributed by atoms with Crippen LogP contribution in [-0.4, -0.2) is 16.1 Å². The topological polar surface area (TPSA) is 117 Å². The van der Waals surface area contributed by atoms with Gasteiger partial charge in [0.25, 0.3) is 5.69 Å². The van der Waals surface area contributed by atoms with Gasteiger partial charge in [-0.1, -0.05) is 47.6 Å². The van der Waals surface area contributed by atoms with Crippen molar-refractivity contribution in [2.24, 2.45) is 5.16 Å². The van der Waals surface area contributed by atoms with Crippen LogP contribution in [0.3, 0.4) is 0 Å². The molecule has 3 aromatic carbocycles. The van der Waals surface area contributed by atoms with Crippen LogP contribution in [0, 0.1) is 20.2 Å². The first-order valence-electron chi connectivity index (χ1n) is 8.87. The Hall–Kier alpha value is -4.27. The summed E-state index contributed by atoms with van der Waals surface area (Å²) in [6.45, 7) is 0.236. The average molecular weight is 407 g/mol. The summed E-state index contributed by atoms with van der Waals surface area (Å²) < 4.78 is 5.58. The minimum absolute atomic E-state index is 0.0263. The van der Waals surface area contributed by atoms with Gasteiger partial charge in [-0.25, -0.2) is 0 Å². The van der Waals surface area contributed by atoms with E-state index >= 15 is 0 Å². The standard InChI is InChI=1S/C21H17N3O6/c25-23(26)19-8-4-7-18(11-19)15-30-22-13-17-9-10-21(20(12-17)24(27)28)29-14-16-5-2-1-3-6-16/h1-13H,14-15H2/b22-13-. The van der Waals surface area contributed by atoms with Crippen molar-refractivity contribution < 1.29 is 19.4 Å². The maximum Gasteiger partial charge on any atom is 0.311 e. The fourth-order valence-electron chi connectivity index (χ4n) is 2.58. The molecule has 9 nitrogen and oxygen atoms in total. The highest BCUT2D eigenvalue weighted by Crippen LogP contribution is 2.28. The highest BCUT2D eigenvalue weighted by Gasteiger charge is 2.16. The molecule has 0 atom stereocenters. The molecular weight excluding hydrogens is 390 g/mol. The molecule has 0 unspecified atom stereocenters. The van der Waals surface area contributed by atoms with Crippen molar-refractivity contribution in [2.75, 3.05) is 0 Å². The summed E-state index contributed by atoms with van der Waals surface area (Å²) >= 11 is 0. The largest absolute Gasteiger partial charge is 0.482 e. The molecule has 0 radical (unpaired) electrons. The summed E-state index contributed by atoms with van der Waals surface area (Å²) in [5.74, 6) is 0.151. The minimum atomic E-state index is -0.526. The van der Waals surface area contributed by atoms with Crippen LogP contribution < -0.4 is 4.74 Å². The molecule has 0 amide bonds. The van der Waals surface area contributed by atoms with Crippen molar-refractivity contribution in [3.8, 4) is 5.75 Å². The second-order valence-electron chi connectivity index (χ2n) is 6.19. The van der Waals surface area contributed by atoms with E-state index < -0.39 is 9.85 Å². The van der Waals surface area contributed by atoms with Crippen molar-refractivity contribution in [3.63, 3.8) is 0 Å². The van der Waals surface area contributed by atoms with Crippen LogP contribution in [0.5, 0.6) is 5.75 Å².